The molecule has 1 aromatic rings. The van der Waals surface area contributed by atoms with E-state index in [0.29, 0.717) is 12.8 Å². The highest BCUT2D eigenvalue weighted by Crippen LogP contribution is 2.14. The number of nitrogens with zero attached hydrogens (tertiary/aromatic N) is 1. The number of rotatable bonds is 4. The number of carbonyl (C=O) groups excluding carboxylic acids is 1. The number of hydrogen-bond donors (Lipinski definition) is 1. The van der Waals surface area contributed by atoms with Crippen molar-refractivity contribution in [3.05, 3.63) is 27.6 Å². The van der Waals surface area contributed by atoms with Gasteiger partial charge in [-0.25, -0.2) is 13.4 Å². The van der Waals surface area contributed by atoms with Gasteiger partial charge in [-0.15, -0.1) is 11.3 Å². The van der Waals surface area contributed by atoms with Crippen LogP contribution in [0.15, 0.2) is 17.0 Å². The average molecular weight is 286 g/mol. The summed E-state index contributed by atoms with van der Waals surface area (Å²) in [6.45, 7) is 1.91. The van der Waals surface area contributed by atoms with Crippen LogP contribution in [-0.2, 0) is 21.1 Å². The van der Waals surface area contributed by atoms with Gasteiger partial charge in [-0.2, -0.15) is 0 Å². The first-order valence-electron chi connectivity index (χ1n) is 5.55. The van der Waals surface area contributed by atoms with Crippen LogP contribution in [-0.4, -0.2) is 31.1 Å². The Hall–Kier alpha value is -1.21. The van der Waals surface area contributed by atoms with E-state index in [0.717, 1.165) is 16.0 Å². The molecule has 1 amide bonds. The highest BCUT2D eigenvalue weighted by atomic mass is 32.2. The highest BCUT2D eigenvalue weighted by molar-refractivity contribution is 7.94. The number of thiazole rings is 1. The third kappa shape index (κ3) is 3.39. The molecule has 18 heavy (non-hydrogen) atoms. The van der Waals surface area contributed by atoms with Crippen LogP contribution in [0.3, 0.4) is 0 Å². The molecule has 0 bridgehead atoms. The summed E-state index contributed by atoms with van der Waals surface area (Å²) in [5, 5.41) is 3.85. The van der Waals surface area contributed by atoms with Gasteiger partial charge in [0.1, 0.15) is 0 Å². The number of hydrogen-bond acceptors (Lipinski definition) is 5. The molecule has 2 rings (SSSR count). The Morgan fingerprint density at radius 1 is 1.61 bits per heavy atom. The second-order valence-electron chi connectivity index (χ2n) is 4.19. The van der Waals surface area contributed by atoms with Gasteiger partial charge in [-0.3, -0.25) is 4.79 Å². The first kappa shape index (κ1) is 13.2. The minimum atomic E-state index is -3.11. The van der Waals surface area contributed by atoms with Gasteiger partial charge in [0.05, 0.1) is 23.0 Å². The number of amides is 1. The largest absolute Gasteiger partial charge is 0.349 e. The number of aromatic nitrogens is 1. The molecule has 0 fully saturated rings. The van der Waals surface area contributed by atoms with Crippen molar-refractivity contribution in [1.82, 2.24) is 10.3 Å². The SMILES string of the molecule is Cc1ncsc1CCC(=O)N[C@H]1C=CS(=O)(=O)C1. The maximum absolute atomic E-state index is 11.7. The molecule has 98 valence electrons. The summed E-state index contributed by atoms with van der Waals surface area (Å²) in [6, 6.07) is -0.384. The van der Waals surface area contributed by atoms with Gasteiger partial charge in [0.2, 0.25) is 5.91 Å². The summed E-state index contributed by atoms with van der Waals surface area (Å²) in [7, 11) is -3.11. The van der Waals surface area contributed by atoms with E-state index in [-0.39, 0.29) is 17.7 Å². The van der Waals surface area contributed by atoms with Crippen molar-refractivity contribution < 1.29 is 13.2 Å². The summed E-state index contributed by atoms with van der Waals surface area (Å²) < 4.78 is 22.3. The van der Waals surface area contributed by atoms with E-state index in [1.165, 1.54) is 17.4 Å². The van der Waals surface area contributed by atoms with Gasteiger partial charge in [0.25, 0.3) is 0 Å². The molecule has 0 aliphatic carbocycles. The number of carbonyl (C=O) groups is 1. The Kier molecular flexibility index (Phi) is 3.82. The molecule has 1 aliphatic rings. The van der Waals surface area contributed by atoms with E-state index in [1.807, 2.05) is 6.92 Å². The van der Waals surface area contributed by atoms with E-state index in [4.69, 9.17) is 0 Å². The lowest BCUT2D eigenvalue weighted by Crippen LogP contribution is -2.35. The summed E-state index contributed by atoms with van der Waals surface area (Å²) in [6.07, 6.45) is 2.52. The lowest BCUT2D eigenvalue weighted by atomic mass is 10.2. The summed E-state index contributed by atoms with van der Waals surface area (Å²) in [5.41, 5.74) is 2.71. The first-order chi connectivity index (χ1) is 8.46. The van der Waals surface area contributed by atoms with Crippen molar-refractivity contribution in [2.45, 2.75) is 25.8 Å². The molecule has 0 saturated carbocycles. The van der Waals surface area contributed by atoms with Crippen LogP contribution in [0.1, 0.15) is 17.0 Å². The molecule has 0 saturated heterocycles. The summed E-state index contributed by atoms with van der Waals surface area (Å²) in [4.78, 5) is 16.9. The molecule has 2 heterocycles. The lowest BCUT2D eigenvalue weighted by Gasteiger charge is -2.09. The van der Waals surface area contributed by atoms with Crippen LogP contribution in [0.5, 0.6) is 0 Å². The Bertz CT molecular complexity index is 575. The van der Waals surface area contributed by atoms with Crippen molar-refractivity contribution in [3.8, 4) is 0 Å². The molecule has 0 spiro atoms. The van der Waals surface area contributed by atoms with Gasteiger partial charge in [-0.1, -0.05) is 0 Å². The van der Waals surface area contributed by atoms with Crippen molar-refractivity contribution in [2.75, 3.05) is 5.75 Å². The van der Waals surface area contributed by atoms with E-state index in [2.05, 4.69) is 10.3 Å². The topological polar surface area (TPSA) is 76.1 Å². The predicted octanol–water partition coefficient (Wildman–Crippen LogP) is 0.811. The fourth-order valence-electron chi connectivity index (χ4n) is 1.74. The fourth-order valence-corrected chi connectivity index (χ4v) is 3.75. The zero-order valence-electron chi connectivity index (χ0n) is 9.92. The summed E-state index contributed by atoms with van der Waals surface area (Å²) in [5.74, 6) is -0.159. The third-order valence-corrected chi connectivity index (χ3v) is 5.09. The van der Waals surface area contributed by atoms with E-state index < -0.39 is 9.84 Å². The Morgan fingerprint density at radius 2 is 2.39 bits per heavy atom. The smallest absolute Gasteiger partial charge is 0.220 e. The van der Waals surface area contributed by atoms with Crippen LogP contribution < -0.4 is 5.32 Å². The van der Waals surface area contributed by atoms with Crippen LogP contribution in [0.4, 0.5) is 0 Å². The molecule has 0 aromatic carbocycles. The van der Waals surface area contributed by atoms with Gasteiger partial charge in [-0.05, 0) is 19.4 Å². The predicted molar refractivity (Wildman–Crippen MR) is 70.0 cm³/mol. The van der Waals surface area contributed by atoms with Crippen LogP contribution >= 0.6 is 11.3 Å². The molecule has 1 aromatic heterocycles. The van der Waals surface area contributed by atoms with Gasteiger partial charge < -0.3 is 5.32 Å². The van der Waals surface area contributed by atoms with Crippen molar-refractivity contribution in [1.29, 1.82) is 0 Å². The first-order valence-corrected chi connectivity index (χ1v) is 8.15. The monoisotopic (exact) mass is 286 g/mol. The molecule has 1 N–H and O–H groups in total. The molecule has 1 aliphatic heterocycles. The maximum Gasteiger partial charge on any atom is 0.220 e. The minimum Gasteiger partial charge on any atom is -0.349 e. The zero-order valence-corrected chi connectivity index (χ0v) is 11.6. The molecular weight excluding hydrogens is 272 g/mol. The van der Waals surface area contributed by atoms with Crippen LogP contribution in [0, 0.1) is 6.92 Å². The third-order valence-electron chi connectivity index (χ3n) is 2.70. The second-order valence-corrected chi connectivity index (χ2v) is 7.06. The Morgan fingerprint density at radius 3 is 2.94 bits per heavy atom. The van der Waals surface area contributed by atoms with Gasteiger partial charge in [0, 0.05) is 16.7 Å². The van der Waals surface area contributed by atoms with E-state index in [1.54, 1.807) is 5.51 Å². The van der Waals surface area contributed by atoms with Gasteiger partial charge >= 0.3 is 0 Å². The van der Waals surface area contributed by atoms with Crippen LogP contribution in [0.2, 0.25) is 0 Å². The van der Waals surface area contributed by atoms with Crippen molar-refractivity contribution in [3.63, 3.8) is 0 Å². The van der Waals surface area contributed by atoms with Crippen molar-refractivity contribution >= 4 is 27.1 Å². The molecule has 1 atom stereocenters. The molecule has 0 radical (unpaired) electrons. The minimum absolute atomic E-state index is 0.0294. The van der Waals surface area contributed by atoms with E-state index >= 15 is 0 Å². The van der Waals surface area contributed by atoms with E-state index in [9.17, 15) is 13.2 Å². The highest BCUT2D eigenvalue weighted by Gasteiger charge is 2.22. The molecule has 7 heteroatoms. The Labute approximate surface area is 110 Å². The normalized spacial score (nSPS) is 21.1. The number of nitrogens with one attached hydrogen (secondary N) is 1. The molecule has 0 unspecified atom stereocenters. The van der Waals surface area contributed by atoms with Gasteiger partial charge in [0.15, 0.2) is 9.84 Å². The quantitative estimate of drug-likeness (QED) is 0.888. The number of aryl methyl sites for hydroxylation is 2. The van der Waals surface area contributed by atoms with Crippen molar-refractivity contribution in [2.24, 2.45) is 0 Å². The maximum atomic E-state index is 11.7. The average Bonchev–Trinajstić information content (AvgIpc) is 2.82. The fraction of sp³-hybridized carbons (Fsp3) is 0.455. The molecule has 5 nitrogen and oxygen atoms in total. The Balaban J connectivity index is 1.80. The summed E-state index contributed by atoms with van der Waals surface area (Å²) >= 11 is 1.53. The zero-order chi connectivity index (χ0) is 13.2. The number of sulfone groups is 1. The second kappa shape index (κ2) is 5.19. The molecular formula is C11H14N2O3S2. The van der Waals surface area contributed by atoms with Crippen LogP contribution in [0.25, 0.3) is 0 Å². The standard InChI is InChI=1S/C11H14N2O3S2/c1-8-10(17-7-12-8)2-3-11(14)13-9-4-5-18(15,16)6-9/h4-5,7,9H,2-3,6H2,1H3,(H,13,14)/t9-/m0/s1. The lowest BCUT2D eigenvalue weighted by molar-refractivity contribution is -0.121.